The first kappa shape index (κ1) is 15.9. The molecule has 4 aromatic rings. The lowest BCUT2D eigenvalue weighted by Gasteiger charge is -2.18. The Morgan fingerprint density at radius 3 is 2.40 bits per heavy atom. The van der Waals surface area contributed by atoms with Crippen LogP contribution in [0.1, 0.15) is 29.7 Å². The molecule has 1 aliphatic rings. The fourth-order valence-electron chi connectivity index (χ4n) is 3.75. The summed E-state index contributed by atoms with van der Waals surface area (Å²) in [6.45, 7) is -0.00694. The van der Waals surface area contributed by atoms with Crippen molar-refractivity contribution in [1.82, 2.24) is 0 Å². The first-order valence-electron chi connectivity index (χ1n) is 8.92. The van der Waals surface area contributed by atoms with Crippen LogP contribution in [0.25, 0.3) is 21.5 Å². The Bertz CT molecular complexity index is 984. The average molecular weight is 330 g/mol. The maximum Gasteiger partial charge on any atom is 0.129 e. The van der Waals surface area contributed by atoms with E-state index in [0.717, 1.165) is 0 Å². The Morgan fingerprint density at radius 1 is 0.760 bits per heavy atom. The summed E-state index contributed by atoms with van der Waals surface area (Å²) in [6, 6.07) is 21.4. The van der Waals surface area contributed by atoms with Crippen LogP contribution in [0.5, 0.6) is 0 Å². The molecule has 2 nitrogen and oxygen atoms in total. The van der Waals surface area contributed by atoms with Gasteiger partial charge in [-0.1, -0.05) is 48.5 Å². The smallest absolute Gasteiger partial charge is 0.129 e. The Labute approximate surface area is 147 Å². The summed E-state index contributed by atoms with van der Waals surface area (Å²) in [5, 5.41) is 14.0. The molecule has 0 amide bonds. The van der Waals surface area contributed by atoms with Crippen LogP contribution in [0, 0.1) is 0 Å². The second-order valence-electron chi connectivity index (χ2n) is 6.53. The highest BCUT2D eigenvalue weighted by atomic mass is 16.4. The molecule has 126 valence electrons. The minimum Gasteiger partial charge on any atom is -0.467 e. The Morgan fingerprint density at radius 2 is 1.60 bits per heavy atom. The molecular formula is C23H22O2. The molecule has 0 saturated carbocycles. The van der Waals surface area contributed by atoms with Crippen molar-refractivity contribution in [3.63, 3.8) is 0 Å². The summed E-state index contributed by atoms with van der Waals surface area (Å²) >= 11 is 0. The summed E-state index contributed by atoms with van der Waals surface area (Å²) in [6.07, 6.45) is 6.75. The van der Waals surface area contributed by atoms with Crippen LogP contribution >= 0.6 is 0 Å². The normalized spacial score (nSPS) is 13.3. The highest BCUT2D eigenvalue weighted by Gasteiger charge is 2.13. The third kappa shape index (κ3) is 3.18. The third-order valence-corrected chi connectivity index (χ3v) is 4.99. The zero-order valence-corrected chi connectivity index (χ0v) is 14.2. The zero-order valence-electron chi connectivity index (χ0n) is 14.2. The summed E-state index contributed by atoms with van der Waals surface area (Å²) < 4.78 is 4.73. The van der Waals surface area contributed by atoms with Gasteiger partial charge in [0, 0.05) is 0 Å². The van der Waals surface area contributed by atoms with Crippen molar-refractivity contribution in [2.45, 2.75) is 32.3 Å². The summed E-state index contributed by atoms with van der Waals surface area (Å²) in [4.78, 5) is 0. The van der Waals surface area contributed by atoms with Gasteiger partial charge in [0.15, 0.2) is 0 Å². The van der Waals surface area contributed by atoms with Crippen LogP contribution in [0.2, 0.25) is 0 Å². The second kappa shape index (κ2) is 7.12. The SMILES string of the molecule is OCc1ccco1.c1ccc2c(c1)ccc1c3c(ccc12)CCCC3. The standard InChI is InChI=1S/C18H16.C5H6O2/c1-3-7-15-13(5-1)9-11-18-16-8-4-2-6-14(16)10-12-17(15)18;6-4-5-2-1-3-7-5/h1,3,5,7,9-12H,2,4,6,8H2;1-3,6H,4H2. The van der Waals surface area contributed by atoms with E-state index in [1.165, 1.54) is 53.5 Å². The number of fused-ring (bicyclic) bond motifs is 5. The first-order valence-corrected chi connectivity index (χ1v) is 8.92. The average Bonchev–Trinajstić information content (AvgIpc) is 3.22. The Kier molecular flexibility index (Phi) is 4.53. The van der Waals surface area contributed by atoms with E-state index in [0.29, 0.717) is 5.76 Å². The lowest BCUT2D eigenvalue weighted by Crippen LogP contribution is -2.02. The van der Waals surface area contributed by atoms with Crippen molar-refractivity contribution in [3.8, 4) is 0 Å². The van der Waals surface area contributed by atoms with Gasteiger partial charge in [0.1, 0.15) is 12.4 Å². The van der Waals surface area contributed by atoms with E-state index in [1.807, 2.05) is 0 Å². The molecular weight excluding hydrogens is 308 g/mol. The van der Waals surface area contributed by atoms with E-state index in [9.17, 15) is 0 Å². The molecule has 0 bridgehead atoms. The van der Waals surface area contributed by atoms with Gasteiger partial charge in [-0.3, -0.25) is 0 Å². The van der Waals surface area contributed by atoms with Gasteiger partial charge in [-0.25, -0.2) is 0 Å². The Hall–Kier alpha value is -2.58. The molecule has 1 aromatic heterocycles. The van der Waals surface area contributed by atoms with E-state index in [2.05, 4.69) is 48.5 Å². The quantitative estimate of drug-likeness (QED) is 0.458. The highest BCUT2D eigenvalue weighted by Crippen LogP contribution is 2.33. The van der Waals surface area contributed by atoms with Crippen molar-refractivity contribution in [2.75, 3.05) is 0 Å². The maximum atomic E-state index is 8.33. The van der Waals surface area contributed by atoms with Gasteiger partial charge in [-0.15, -0.1) is 0 Å². The van der Waals surface area contributed by atoms with Gasteiger partial charge in [0.25, 0.3) is 0 Å². The molecule has 1 aliphatic carbocycles. The molecule has 0 aliphatic heterocycles. The predicted molar refractivity (Wildman–Crippen MR) is 103 cm³/mol. The number of rotatable bonds is 1. The van der Waals surface area contributed by atoms with Gasteiger partial charge in [0.05, 0.1) is 6.26 Å². The lowest BCUT2D eigenvalue weighted by atomic mass is 9.86. The summed E-state index contributed by atoms with van der Waals surface area (Å²) in [7, 11) is 0. The molecule has 5 rings (SSSR count). The second-order valence-corrected chi connectivity index (χ2v) is 6.53. The molecule has 1 heterocycles. The van der Waals surface area contributed by atoms with Crippen LogP contribution in [0.15, 0.2) is 71.3 Å². The third-order valence-electron chi connectivity index (χ3n) is 4.99. The molecule has 0 radical (unpaired) electrons. The van der Waals surface area contributed by atoms with Crippen LogP contribution in [0.4, 0.5) is 0 Å². The van der Waals surface area contributed by atoms with Crippen LogP contribution in [0.3, 0.4) is 0 Å². The molecule has 0 unspecified atom stereocenters. The van der Waals surface area contributed by atoms with Crippen LogP contribution in [-0.2, 0) is 19.4 Å². The fourth-order valence-corrected chi connectivity index (χ4v) is 3.75. The van der Waals surface area contributed by atoms with E-state index >= 15 is 0 Å². The van der Waals surface area contributed by atoms with E-state index in [-0.39, 0.29) is 6.61 Å². The number of hydrogen-bond donors (Lipinski definition) is 1. The number of hydrogen-bond acceptors (Lipinski definition) is 2. The van der Waals surface area contributed by atoms with Gasteiger partial charge in [0.2, 0.25) is 0 Å². The number of aryl methyl sites for hydroxylation is 2. The monoisotopic (exact) mass is 330 g/mol. The van der Waals surface area contributed by atoms with E-state index in [4.69, 9.17) is 9.52 Å². The highest BCUT2D eigenvalue weighted by molar-refractivity contribution is 6.08. The number of aliphatic hydroxyl groups excluding tert-OH is 1. The minimum atomic E-state index is -0.00694. The van der Waals surface area contributed by atoms with Crippen molar-refractivity contribution in [2.24, 2.45) is 0 Å². The van der Waals surface area contributed by atoms with Crippen molar-refractivity contribution in [3.05, 3.63) is 83.8 Å². The summed E-state index contributed by atoms with van der Waals surface area (Å²) in [5.41, 5.74) is 3.17. The molecule has 2 heteroatoms. The van der Waals surface area contributed by atoms with Gasteiger partial charge in [-0.2, -0.15) is 0 Å². The Balaban J connectivity index is 0.000000190. The summed E-state index contributed by atoms with van der Waals surface area (Å²) in [5.74, 6) is 0.611. The van der Waals surface area contributed by atoms with Crippen molar-refractivity contribution in [1.29, 1.82) is 0 Å². The van der Waals surface area contributed by atoms with Gasteiger partial charge >= 0.3 is 0 Å². The molecule has 0 fully saturated rings. The first-order chi connectivity index (χ1) is 12.4. The number of benzene rings is 3. The van der Waals surface area contributed by atoms with Crippen molar-refractivity contribution < 1.29 is 9.52 Å². The molecule has 1 N–H and O–H groups in total. The topological polar surface area (TPSA) is 33.4 Å². The van der Waals surface area contributed by atoms with Crippen molar-refractivity contribution >= 4 is 21.5 Å². The zero-order chi connectivity index (χ0) is 17.1. The number of aliphatic hydroxyl groups is 1. The molecule has 0 spiro atoms. The predicted octanol–water partition coefficient (Wildman–Crippen LogP) is 5.64. The van der Waals surface area contributed by atoms with Crippen LogP contribution in [-0.4, -0.2) is 5.11 Å². The van der Waals surface area contributed by atoms with Crippen LogP contribution < -0.4 is 0 Å². The molecule has 3 aromatic carbocycles. The lowest BCUT2D eigenvalue weighted by molar-refractivity contribution is 0.247. The minimum absolute atomic E-state index is 0.00694. The number of furan rings is 1. The maximum absolute atomic E-state index is 8.33. The molecule has 0 saturated heterocycles. The van der Waals surface area contributed by atoms with E-state index < -0.39 is 0 Å². The largest absolute Gasteiger partial charge is 0.467 e. The molecule has 25 heavy (non-hydrogen) atoms. The van der Waals surface area contributed by atoms with Gasteiger partial charge < -0.3 is 9.52 Å². The van der Waals surface area contributed by atoms with E-state index in [1.54, 1.807) is 23.3 Å². The molecule has 0 atom stereocenters. The fraction of sp³-hybridized carbons (Fsp3) is 0.217. The van der Waals surface area contributed by atoms with Gasteiger partial charge in [-0.05, 0) is 70.5 Å².